The first-order valence-electron chi connectivity index (χ1n) is 4.53. The van der Waals surface area contributed by atoms with E-state index in [1.807, 2.05) is 0 Å². The summed E-state index contributed by atoms with van der Waals surface area (Å²) in [5.41, 5.74) is 0. The molecule has 1 aliphatic rings. The van der Waals surface area contributed by atoms with Crippen molar-refractivity contribution in [3.8, 4) is 0 Å². The van der Waals surface area contributed by atoms with E-state index < -0.39 is 16.3 Å². The van der Waals surface area contributed by atoms with Crippen LogP contribution >= 0.6 is 11.6 Å². The van der Waals surface area contributed by atoms with Gasteiger partial charge in [-0.2, -0.15) is 12.7 Å². The number of hydrogen-bond donors (Lipinski definition) is 1. The van der Waals surface area contributed by atoms with Crippen molar-refractivity contribution in [1.82, 2.24) is 9.03 Å². The molecule has 0 radical (unpaired) electrons. The van der Waals surface area contributed by atoms with Gasteiger partial charge in [-0.25, -0.2) is 9.52 Å². The highest BCUT2D eigenvalue weighted by atomic mass is 35.5. The summed E-state index contributed by atoms with van der Waals surface area (Å²) in [7, 11) is -2.78. The highest BCUT2D eigenvalue weighted by Crippen LogP contribution is 2.10. The minimum absolute atomic E-state index is 0.121. The maximum absolute atomic E-state index is 11.6. The van der Waals surface area contributed by atoms with Crippen molar-refractivity contribution < 1.29 is 22.7 Å². The summed E-state index contributed by atoms with van der Waals surface area (Å²) < 4.78 is 35.5. The summed E-state index contributed by atoms with van der Waals surface area (Å²) in [6, 6.07) is 0. The average molecular weight is 273 g/mol. The molecule has 1 atom stereocenters. The third kappa shape index (κ3) is 3.48. The molecule has 1 aliphatic heterocycles. The predicted molar refractivity (Wildman–Crippen MR) is 56.5 cm³/mol. The molecule has 16 heavy (non-hydrogen) atoms. The second-order valence-electron chi connectivity index (χ2n) is 3.10. The molecule has 1 heterocycles. The number of carbonyl (C=O) groups excluding carboxylic acids is 1. The molecule has 94 valence electrons. The van der Waals surface area contributed by atoms with Crippen LogP contribution in [-0.4, -0.2) is 57.6 Å². The van der Waals surface area contributed by atoms with E-state index in [-0.39, 0.29) is 31.7 Å². The van der Waals surface area contributed by atoms with Crippen molar-refractivity contribution in [1.29, 1.82) is 0 Å². The Morgan fingerprint density at radius 2 is 2.38 bits per heavy atom. The van der Waals surface area contributed by atoms with Crippen molar-refractivity contribution >= 4 is 27.9 Å². The number of carbonyl (C=O) groups is 1. The average Bonchev–Trinajstić information content (AvgIpc) is 2.28. The monoisotopic (exact) mass is 272 g/mol. The molecule has 7 nitrogen and oxygen atoms in total. The van der Waals surface area contributed by atoms with E-state index in [1.165, 1.54) is 0 Å². The number of ether oxygens (including phenoxy) is 2. The molecule has 1 N–H and O–H groups in total. The molecule has 1 fully saturated rings. The van der Waals surface area contributed by atoms with Gasteiger partial charge in [0, 0.05) is 19.0 Å². The number of halogens is 1. The summed E-state index contributed by atoms with van der Waals surface area (Å²) in [6.45, 7) is 0.551. The summed E-state index contributed by atoms with van der Waals surface area (Å²) in [5.74, 6) is 0.199. The topological polar surface area (TPSA) is 84.9 Å². The molecule has 1 amide bonds. The lowest BCUT2D eigenvalue weighted by molar-refractivity contribution is 0.0118. The fourth-order valence-corrected chi connectivity index (χ4v) is 2.50. The largest absolute Gasteiger partial charge is 0.452 e. The molecule has 0 spiro atoms. The first-order chi connectivity index (χ1) is 7.49. The fraction of sp³-hybridized carbons (Fsp3) is 0.857. The Labute approximate surface area is 98.8 Å². The molecule has 1 unspecified atom stereocenters. The van der Waals surface area contributed by atoms with Gasteiger partial charge >= 0.3 is 16.3 Å². The predicted octanol–water partition coefficient (Wildman–Crippen LogP) is -0.473. The minimum atomic E-state index is -3.87. The van der Waals surface area contributed by atoms with Crippen molar-refractivity contribution in [2.45, 2.75) is 6.10 Å². The molecule has 0 bridgehead atoms. The summed E-state index contributed by atoms with van der Waals surface area (Å²) >= 11 is 5.57. The van der Waals surface area contributed by atoms with Crippen LogP contribution in [-0.2, 0) is 19.7 Å². The number of amides is 1. The van der Waals surface area contributed by atoms with Crippen LogP contribution in [0.25, 0.3) is 0 Å². The molecule has 0 aliphatic carbocycles. The van der Waals surface area contributed by atoms with Gasteiger partial charge < -0.3 is 9.47 Å². The van der Waals surface area contributed by atoms with E-state index in [2.05, 4.69) is 4.74 Å². The highest BCUT2D eigenvalue weighted by molar-refractivity contribution is 7.87. The lowest BCUT2D eigenvalue weighted by Crippen LogP contribution is -2.51. The Morgan fingerprint density at radius 3 is 2.94 bits per heavy atom. The Kier molecular flexibility index (Phi) is 4.78. The summed E-state index contributed by atoms with van der Waals surface area (Å²) in [6.07, 6.45) is -1.38. The molecular weight excluding hydrogens is 260 g/mol. The fourth-order valence-electron chi connectivity index (χ4n) is 1.22. The zero-order valence-corrected chi connectivity index (χ0v) is 10.3. The number of alkyl halides is 1. The number of hydrogen-bond acceptors (Lipinski definition) is 5. The highest BCUT2D eigenvalue weighted by Gasteiger charge is 2.30. The van der Waals surface area contributed by atoms with Gasteiger partial charge in [-0.1, -0.05) is 0 Å². The first-order valence-corrected chi connectivity index (χ1v) is 6.50. The lowest BCUT2D eigenvalue weighted by Gasteiger charge is -2.30. The minimum Gasteiger partial charge on any atom is -0.452 e. The Morgan fingerprint density at radius 1 is 1.69 bits per heavy atom. The van der Waals surface area contributed by atoms with Crippen LogP contribution in [0, 0.1) is 0 Å². The van der Waals surface area contributed by atoms with Gasteiger partial charge in [-0.15, -0.1) is 11.6 Å². The van der Waals surface area contributed by atoms with Crippen LogP contribution in [0.3, 0.4) is 0 Å². The number of nitrogens with zero attached hydrogens (tertiary/aromatic N) is 1. The van der Waals surface area contributed by atoms with Crippen molar-refractivity contribution in [3.05, 3.63) is 0 Å². The second kappa shape index (κ2) is 5.67. The molecule has 9 heteroatoms. The maximum atomic E-state index is 11.6. The molecule has 1 saturated heterocycles. The van der Waals surface area contributed by atoms with E-state index in [1.54, 1.807) is 4.72 Å². The lowest BCUT2D eigenvalue weighted by atomic mass is 10.3. The van der Waals surface area contributed by atoms with E-state index >= 15 is 0 Å². The van der Waals surface area contributed by atoms with Gasteiger partial charge in [0.1, 0.15) is 0 Å². The van der Waals surface area contributed by atoms with Gasteiger partial charge in [0.05, 0.1) is 19.8 Å². The van der Waals surface area contributed by atoms with E-state index in [0.717, 1.165) is 11.4 Å². The molecule has 0 aromatic rings. The van der Waals surface area contributed by atoms with E-state index in [0.29, 0.717) is 0 Å². The zero-order chi connectivity index (χ0) is 12.2. The van der Waals surface area contributed by atoms with Crippen LogP contribution < -0.4 is 4.72 Å². The van der Waals surface area contributed by atoms with Crippen molar-refractivity contribution in [2.24, 2.45) is 0 Å². The first kappa shape index (κ1) is 13.5. The number of nitrogens with one attached hydrogen (secondary N) is 1. The van der Waals surface area contributed by atoms with Crippen LogP contribution in [0.4, 0.5) is 4.79 Å². The number of methoxy groups -OCH3 is 1. The summed E-state index contributed by atoms with van der Waals surface area (Å²) in [5, 5.41) is 0. The van der Waals surface area contributed by atoms with E-state index in [4.69, 9.17) is 16.3 Å². The Balaban J connectivity index is 2.64. The molecule has 0 aromatic carbocycles. The van der Waals surface area contributed by atoms with Gasteiger partial charge in [0.25, 0.3) is 0 Å². The normalized spacial score (nSPS) is 22.8. The van der Waals surface area contributed by atoms with Crippen LogP contribution in [0.1, 0.15) is 0 Å². The zero-order valence-electron chi connectivity index (χ0n) is 8.68. The summed E-state index contributed by atoms with van der Waals surface area (Å²) in [4.78, 5) is 10.8. The molecular formula is C7H13ClN2O5S. The SMILES string of the molecule is COC(=O)NS(=O)(=O)N1CCOC(CCl)C1. The van der Waals surface area contributed by atoms with Crippen LogP contribution in [0.5, 0.6) is 0 Å². The number of morpholine rings is 1. The standard InChI is InChI=1S/C7H13ClN2O5S/c1-14-7(11)9-16(12,13)10-2-3-15-6(4-8)5-10/h6H,2-5H2,1H3,(H,9,11). The molecule has 0 aromatic heterocycles. The maximum Gasteiger partial charge on any atom is 0.421 e. The third-order valence-corrected chi connectivity index (χ3v) is 3.79. The van der Waals surface area contributed by atoms with Crippen molar-refractivity contribution in [3.63, 3.8) is 0 Å². The smallest absolute Gasteiger partial charge is 0.421 e. The molecule has 1 rings (SSSR count). The van der Waals surface area contributed by atoms with Gasteiger partial charge in [-0.3, -0.25) is 0 Å². The van der Waals surface area contributed by atoms with Crippen LogP contribution in [0.2, 0.25) is 0 Å². The Hall–Kier alpha value is -0.570. The second-order valence-corrected chi connectivity index (χ2v) is 5.08. The number of rotatable bonds is 3. The van der Waals surface area contributed by atoms with Crippen LogP contribution in [0.15, 0.2) is 0 Å². The van der Waals surface area contributed by atoms with Gasteiger partial charge in [0.2, 0.25) is 0 Å². The van der Waals surface area contributed by atoms with Gasteiger partial charge in [-0.05, 0) is 0 Å². The third-order valence-electron chi connectivity index (χ3n) is 2.01. The van der Waals surface area contributed by atoms with Gasteiger partial charge in [0.15, 0.2) is 0 Å². The molecule has 0 saturated carbocycles. The van der Waals surface area contributed by atoms with Crippen molar-refractivity contribution in [2.75, 3.05) is 32.7 Å². The van der Waals surface area contributed by atoms with E-state index in [9.17, 15) is 13.2 Å². The quantitative estimate of drug-likeness (QED) is 0.702. The Bertz CT molecular complexity index is 347.